The summed E-state index contributed by atoms with van der Waals surface area (Å²) in [5.74, 6) is 0.0863. The van der Waals surface area contributed by atoms with Gasteiger partial charge >= 0.3 is 0 Å². The topological polar surface area (TPSA) is 79.4 Å². The lowest BCUT2D eigenvalue weighted by atomic mass is 9.93. The van der Waals surface area contributed by atoms with Crippen LogP contribution in [0, 0.1) is 6.92 Å². The van der Waals surface area contributed by atoms with Crippen molar-refractivity contribution in [3.05, 3.63) is 76.1 Å². The zero-order chi connectivity index (χ0) is 21.8. The van der Waals surface area contributed by atoms with Gasteiger partial charge in [0.1, 0.15) is 0 Å². The molecule has 0 atom stereocenters. The van der Waals surface area contributed by atoms with Gasteiger partial charge in [-0.3, -0.25) is 9.78 Å². The lowest BCUT2D eigenvalue weighted by Crippen LogP contribution is -2.38. The van der Waals surface area contributed by atoms with Crippen LogP contribution in [-0.2, 0) is 40.1 Å². The molecule has 164 valence electrons. The Morgan fingerprint density at radius 1 is 1.16 bits per heavy atom. The molecule has 1 aliphatic heterocycles. The highest BCUT2D eigenvalue weighted by Crippen LogP contribution is 2.27. The van der Waals surface area contributed by atoms with Crippen LogP contribution < -0.4 is 4.72 Å². The largest absolute Gasteiger partial charge is 0.334 e. The number of aryl methyl sites for hydroxylation is 1. The minimum atomic E-state index is -3.46. The van der Waals surface area contributed by atoms with Crippen molar-refractivity contribution in [2.75, 3.05) is 6.54 Å². The molecule has 1 amide bonds. The van der Waals surface area contributed by atoms with Crippen LogP contribution in [0.2, 0.25) is 0 Å². The first kappa shape index (κ1) is 21.7. The lowest BCUT2D eigenvalue weighted by molar-refractivity contribution is -0.128. The van der Waals surface area contributed by atoms with Crippen LogP contribution in [0.25, 0.3) is 0 Å². The second-order valence-corrected chi connectivity index (χ2v) is 10.2. The number of hydrogen-bond acceptors (Lipinski definition) is 4. The molecule has 1 aromatic carbocycles. The number of pyridine rings is 1. The van der Waals surface area contributed by atoms with Crippen molar-refractivity contribution in [2.24, 2.45) is 0 Å². The summed E-state index contributed by atoms with van der Waals surface area (Å²) >= 11 is 0. The van der Waals surface area contributed by atoms with Crippen LogP contribution in [0.15, 0.2) is 48.2 Å². The predicted octanol–water partition coefficient (Wildman–Crippen LogP) is 3.39. The zero-order valence-corrected chi connectivity index (χ0v) is 18.7. The average molecular weight is 440 g/mol. The third-order valence-electron chi connectivity index (χ3n) is 6.12. The quantitative estimate of drug-likeness (QED) is 0.748. The highest BCUT2D eigenvalue weighted by molar-refractivity contribution is 7.88. The molecule has 1 N–H and O–H groups in total. The Balaban J connectivity index is 1.47. The van der Waals surface area contributed by atoms with E-state index in [4.69, 9.17) is 0 Å². The van der Waals surface area contributed by atoms with Gasteiger partial charge in [0.25, 0.3) is 0 Å². The number of carbonyl (C=O) groups is 1. The monoisotopic (exact) mass is 439 g/mol. The molecule has 0 saturated carbocycles. The molecule has 4 rings (SSSR count). The molecule has 0 spiro atoms. The van der Waals surface area contributed by atoms with Crippen molar-refractivity contribution >= 4 is 15.9 Å². The van der Waals surface area contributed by atoms with Gasteiger partial charge < -0.3 is 4.90 Å². The minimum Gasteiger partial charge on any atom is -0.334 e. The van der Waals surface area contributed by atoms with Crippen molar-refractivity contribution in [1.29, 1.82) is 0 Å². The lowest BCUT2D eigenvalue weighted by Gasteiger charge is -2.31. The highest BCUT2D eigenvalue weighted by atomic mass is 32.2. The molecule has 2 aliphatic rings. The van der Waals surface area contributed by atoms with E-state index in [1.165, 1.54) is 0 Å². The van der Waals surface area contributed by atoms with Crippen molar-refractivity contribution < 1.29 is 13.2 Å². The smallest absolute Gasteiger partial charge is 0.249 e. The molecule has 31 heavy (non-hydrogen) atoms. The standard InChI is InChI=1S/C24H29N3O3S/c1-18-23(15-26-31(29,30)17-19-8-4-2-5-9-19)22-12-13-27(16-21(22)14-25-18)24(28)20-10-6-3-7-11-20/h2,4-5,8-10,14,26H,3,6-7,11-13,15-17H2,1H3. The fraction of sp³-hybridized carbons (Fsp3) is 0.417. The number of rotatable bonds is 6. The summed E-state index contributed by atoms with van der Waals surface area (Å²) in [4.78, 5) is 19.3. The molecule has 0 saturated heterocycles. The number of amides is 1. The normalized spacial score (nSPS) is 16.5. The van der Waals surface area contributed by atoms with E-state index in [-0.39, 0.29) is 18.2 Å². The van der Waals surface area contributed by atoms with Crippen LogP contribution in [0.1, 0.15) is 53.6 Å². The summed E-state index contributed by atoms with van der Waals surface area (Å²) in [6, 6.07) is 9.16. The molecule has 0 bridgehead atoms. The van der Waals surface area contributed by atoms with Gasteiger partial charge in [-0.1, -0.05) is 36.4 Å². The van der Waals surface area contributed by atoms with Gasteiger partial charge in [0, 0.05) is 37.1 Å². The van der Waals surface area contributed by atoms with E-state index in [2.05, 4.69) is 15.8 Å². The van der Waals surface area contributed by atoms with Crippen LogP contribution in [0.5, 0.6) is 0 Å². The summed E-state index contributed by atoms with van der Waals surface area (Å²) in [6.07, 6.45) is 8.72. The summed E-state index contributed by atoms with van der Waals surface area (Å²) in [5, 5.41) is 0. The molecule has 2 aromatic rings. The number of allylic oxidation sites excluding steroid dienone is 1. The molecule has 7 heteroatoms. The number of nitrogens with zero attached hydrogens (tertiary/aromatic N) is 2. The number of sulfonamides is 1. The average Bonchev–Trinajstić information content (AvgIpc) is 2.78. The second-order valence-electron chi connectivity index (χ2n) is 8.34. The van der Waals surface area contributed by atoms with Crippen LogP contribution in [0.4, 0.5) is 0 Å². The predicted molar refractivity (Wildman–Crippen MR) is 121 cm³/mol. The zero-order valence-electron chi connectivity index (χ0n) is 17.9. The fourth-order valence-corrected chi connectivity index (χ4v) is 5.49. The number of hydrogen-bond donors (Lipinski definition) is 1. The molecular weight excluding hydrogens is 410 g/mol. The summed E-state index contributed by atoms with van der Waals surface area (Å²) in [6.45, 7) is 3.31. The number of fused-ring (bicyclic) bond motifs is 1. The Morgan fingerprint density at radius 3 is 2.71 bits per heavy atom. The molecule has 0 unspecified atom stereocenters. The van der Waals surface area contributed by atoms with Crippen molar-refractivity contribution in [1.82, 2.24) is 14.6 Å². The molecule has 2 heterocycles. The first-order valence-corrected chi connectivity index (χ1v) is 12.5. The second kappa shape index (κ2) is 9.32. The van der Waals surface area contributed by atoms with Gasteiger partial charge in [-0.2, -0.15) is 0 Å². The third kappa shape index (κ3) is 5.22. The Hall–Kier alpha value is -2.51. The molecule has 0 radical (unpaired) electrons. The maximum absolute atomic E-state index is 12.9. The van der Waals surface area contributed by atoms with Gasteiger partial charge in [-0.05, 0) is 61.3 Å². The first-order chi connectivity index (χ1) is 14.9. The van der Waals surface area contributed by atoms with E-state index in [9.17, 15) is 13.2 Å². The Labute approximate surface area is 184 Å². The van der Waals surface area contributed by atoms with Crippen molar-refractivity contribution in [3.8, 4) is 0 Å². The number of benzene rings is 1. The van der Waals surface area contributed by atoms with Crippen LogP contribution in [0.3, 0.4) is 0 Å². The minimum absolute atomic E-state index is 0.0489. The molecular formula is C24H29N3O3S. The summed E-state index contributed by atoms with van der Waals surface area (Å²) in [5.41, 5.74) is 5.58. The number of nitrogens with one attached hydrogen (secondary N) is 1. The van der Waals surface area contributed by atoms with Gasteiger partial charge in [0.05, 0.1) is 5.75 Å². The van der Waals surface area contributed by atoms with Crippen molar-refractivity contribution in [3.63, 3.8) is 0 Å². The van der Waals surface area contributed by atoms with Gasteiger partial charge in [0.15, 0.2) is 0 Å². The van der Waals surface area contributed by atoms with Crippen molar-refractivity contribution in [2.45, 2.75) is 57.9 Å². The SMILES string of the molecule is Cc1ncc2c(c1CNS(=O)(=O)Cc1ccccc1)CCN(C(=O)C1=CCCCC1)C2. The van der Waals surface area contributed by atoms with E-state index < -0.39 is 10.0 Å². The first-order valence-electron chi connectivity index (χ1n) is 10.9. The summed E-state index contributed by atoms with van der Waals surface area (Å²) < 4.78 is 27.9. The van der Waals surface area contributed by atoms with Gasteiger partial charge in [-0.25, -0.2) is 13.1 Å². The van der Waals surface area contributed by atoms with Gasteiger partial charge in [0.2, 0.25) is 15.9 Å². The highest BCUT2D eigenvalue weighted by Gasteiger charge is 2.26. The van der Waals surface area contributed by atoms with Crippen LogP contribution in [-0.4, -0.2) is 30.8 Å². The van der Waals surface area contributed by atoms with Crippen LogP contribution >= 0.6 is 0 Å². The molecule has 1 aromatic heterocycles. The summed E-state index contributed by atoms with van der Waals surface area (Å²) in [7, 11) is -3.46. The van der Waals surface area contributed by atoms with E-state index in [0.717, 1.165) is 59.2 Å². The fourth-order valence-electron chi connectivity index (χ4n) is 4.39. The van der Waals surface area contributed by atoms with E-state index in [0.29, 0.717) is 19.5 Å². The van der Waals surface area contributed by atoms with Gasteiger partial charge in [-0.15, -0.1) is 0 Å². The Bertz CT molecular complexity index is 1090. The maximum Gasteiger partial charge on any atom is 0.249 e. The van der Waals surface area contributed by atoms with E-state index >= 15 is 0 Å². The Kier molecular flexibility index (Phi) is 6.53. The number of carbonyl (C=O) groups excluding carboxylic acids is 1. The van der Waals surface area contributed by atoms with E-state index in [1.54, 1.807) is 0 Å². The molecule has 1 aliphatic carbocycles. The molecule has 6 nitrogen and oxygen atoms in total. The third-order valence-corrected chi connectivity index (χ3v) is 7.41. The van der Waals surface area contributed by atoms with E-state index in [1.807, 2.05) is 48.4 Å². The Morgan fingerprint density at radius 2 is 1.97 bits per heavy atom. The number of aromatic nitrogens is 1. The maximum atomic E-state index is 12.9. The molecule has 0 fully saturated rings.